The van der Waals surface area contributed by atoms with Crippen molar-refractivity contribution >= 4 is 11.6 Å². The highest BCUT2D eigenvalue weighted by Crippen LogP contribution is 2.08. The van der Waals surface area contributed by atoms with Gasteiger partial charge in [0.25, 0.3) is 5.78 Å². The first-order chi connectivity index (χ1) is 3.79. The number of carbonyl (C=O) groups excluding carboxylic acids is 2. The first kappa shape index (κ1) is 5.48. The summed E-state index contributed by atoms with van der Waals surface area (Å²) >= 11 is 0. The van der Waals surface area contributed by atoms with Crippen molar-refractivity contribution in [2.45, 2.75) is 25.7 Å². The Balaban J connectivity index is 2.40. The predicted molar refractivity (Wildman–Crippen MR) is 30.4 cm³/mol. The molecule has 8 heavy (non-hydrogen) atoms. The van der Waals surface area contributed by atoms with Crippen LogP contribution in [0, 0.1) is 0 Å². The van der Waals surface area contributed by atoms with Gasteiger partial charge in [0.05, 0.1) is 12.8 Å². The average Bonchev–Trinajstić information content (AvgIpc) is 1.77. The van der Waals surface area contributed by atoms with Crippen LogP contribution in [0.5, 0.6) is 0 Å². The van der Waals surface area contributed by atoms with Gasteiger partial charge in [-0.15, -0.1) is 0 Å². The summed E-state index contributed by atoms with van der Waals surface area (Å²) in [5.74, 6) is 0.771. The second kappa shape index (κ2) is 2.07. The van der Waals surface area contributed by atoms with E-state index in [1.54, 1.807) is 0 Å². The molecule has 0 atom stereocenters. The molecule has 0 aromatic rings. The van der Waals surface area contributed by atoms with Crippen molar-refractivity contribution in [3.05, 3.63) is 0 Å². The van der Waals surface area contributed by atoms with Gasteiger partial charge in [0, 0.05) is 12.8 Å². The lowest BCUT2D eigenvalue weighted by Gasteiger charge is -2.00. The highest BCUT2D eigenvalue weighted by Gasteiger charge is 2.18. The molecule has 0 spiro atoms. The van der Waals surface area contributed by atoms with Gasteiger partial charge >= 0.3 is 0 Å². The van der Waals surface area contributed by atoms with Gasteiger partial charge in [0.1, 0.15) is 5.78 Å². The summed E-state index contributed by atoms with van der Waals surface area (Å²) in [6.45, 7) is 0. The van der Waals surface area contributed by atoms with Gasteiger partial charge in [-0.1, -0.05) is 0 Å². The second-order valence-electron chi connectivity index (χ2n) is 2.10. The van der Waals surface area contributed by atoms with Crippen LogP contribution in [-0.4, -0.2) is 16.4 Å². The van der Waals surface area contributed by atoms with Gasteiger partial charge in [0.2, 0.25) is 0 Å². The molecule has 1 N–H and O–H groups in total. The largest absolute Gasteiger partial charge is 0.300 e. The van der Waals surface area contributed by atoms with Crippen molar-refractivity contribution < 1.29 is 9.59 Å². The van der Waals surface area contributed by atoms with Crippen LogP contribution in [0.3, 0.4) is 0 Å². The average molecular weight is 113 g/mol. The Bertz CT molecular complexity index is 98.5. The van der Waals surface area contributed by atoms with E-state index in [-0.39, 0.29) is 5.78 Å². The third kappa shape index (κ3) is 1.15. The highest BCUT2D eigenvalue weighted by atomic mass is 16.1. The zero-order valence-corrected chi connectivity index (χ0v) is 4.68. The summed E-state index contributed by atoms with van der Waals surface area (Å²) < 4.78 is 0. The van der Waals surface area contributed by atoms with E-state index < -0.39 is 0 Å². The maximum Gasteiger partial charge on any atom is 0.293 e. The summed E-state index contributed by atoms with van der Waals surface area (Å²) in [7, 11) is 0. The normalized spacial score (nSPS) is 21.5. The fourth-order valence-corrected chi connectivity index (χ4v) is 0.817. The monoisotopic (exact) mass is 113 g/mol. The summed E-state index contributed by atoms with van der Waals surface area (Å²) in [4.78, 5) is 19.3. The molecular weight excluding hydrogens is 104 g/mol. The molecule has 0 amide bonds. The van der Waals surface area contributed by atoms with Gasteiger partial charge < -0.3 is 0 Å². The van der Waals surface area contributed by atoms with Crippen LogP contribution in [0.2, 0.25) is 0 Å². The zero-order chi connectivity index (χ0) is 5.98. The van der Waals surface area contributed by atoms with Gasteiger partial charge in [-0.3, -0.25) is 9.59 Å². The van der Waals surface area contributed by atoms with Gasteiger partial charge in [-0.05, 0) is 0 Å². The minimum Gasteiger partial charge on any atom is -0.300 e. The molecule has 2 heteroatoms. The van der Waals surface area contributed by atoms with E-state index in [1.807, 2.05) is 0 Å². The topological polar surface area (TPSA) is 38.5 Å². The van der Waals surface area contributed by atoms with E-state index in [2.05, 4.69) is 0 Å². The van der Waals surface area contributed by atoms with Crippen LogP contribution in [0.4, 0.5) is 0 Å². The lowest BCUT2D eigenvalue weighted by molar-refractivity contribution is -0.119. The molecular formula is C6H9O2+. The Kier molecular flexibility index (Phi) is 1.42. The fourth-order valence-electron chi connectivity index (χ4n) is 0.817. The summed E-state index contributed by atoms with van der Waals surface area (Å²) in [6, 6.07) is 0. The maximum absolute atomic E-state index is 10.5. The lowest BCUT2D eigenvalue weighted by atomic mass is 9.98. The highest BCUT2D eigenvalue weighted by molar-refractivity contribution is 5.93. The Labute approximate surface area is 47.9 Å². The van der Waals surface area contributed by atoms with Crippen LogP contribution in [0.15, 0.2) is 0 Å². The van der Waals surface area contributed by atoms with Crippen LogP contribution < -0.4 is 0 Å². The standard InChI is InChI=1S/C6H8O2/c7-5-1-2-6(8)4-3-5/h1-4H2/p+1. The first-order valence-electron chi connectivity index (χ1n) is 2.84. The van der Waals surface area contributed by atoms with Crippen LogP contribution in [-0.2, 0) is 4.79 Å². The molecule has 0 bridgehead atoms. The van der Waals surface area contributed by atoms with Crippen molar-refractivity contribution in [1.82, 2.24) is 0 Å². The Morgan fingerprint density at radius 1 is 1.12 bits per heavy atom. The van der Waals surface area contributed by atoms with Crippen molar-refractivity contribution in [3.63, 3.8) is 0 Å². The van der Waals surface area contributed by atoms with Gasteiger partial charge in [0.15, 0.2) is 0 Å². The Morgan fingerprint density at radius 2 is 1.62 bits per heavy atom. The van der Waals surface area contributed by atoms with E-state index in [0.717, 1.165) is 0 Å². The number of hydrogen-bond donors (Lipinski definition) is 0. The van der Waals surface area contributed by atoms with Crippen LogP contribution >= 0.6 is 0 Å². The van der Waals surface area contributed by atoms with Crippen molar-refractivity contribution in [2.24, 2.45) is 0 Å². The summed E-state index contributed by atoms with van der Waals surface area (Å²) in [5, 5.41) is 0. The van der Waals surface area contributed by atoms with Gasteiger partial charge in [-0.25, -0.2) is 0 Å². The van der Waals surface area contributed by atoms with Crippen molar-refractivity contribution in [3.8, 4) is 0 Å². The Hall–Kier alpha value is -0.660. The molecule has 0 aromatic carbocycles. The second-order valence-corrected chi connectivity index (χ2v) is 2.10. The quantitative estimate of drug-likeness (QED) is 0.425. The van der Waals surface area contributed by atoms with E-state index >= 15 is 0 Å². The predicted octanol–water partition coefficient (Wildman–Crippen LogP) is 0.674. The molecule has 1 fully saturated rings. The molecule has 0 heterocycles. The maximum atomic E-state index is 10.5. The molecule has 0 aliphatic heterocycles. The third-order valence-electron chi connectivity index (χ3n) is 1.38. The molecule has 1 rings (SSSR count). The smallest absolute Gasteiger partial charge is 0.293 e. The van der Waals surface area contributed by atoms with Crippen LogP contribution in [0.25, 0.3) is 0 Å². The van der Waals surface area contributed by atoms with Gasteiger partial charge in [-0.2, -0.15) is 0 Å². The molecule has 1 aliphatic carbocycles. The minimum absolute atomic E-state index is 0.280. The number of hydrogen-bond acceptors (Lipinski definition) is 1. The van der Waals surface area contributed by atoms with E-state index in [4.69, 9.17) is 4.79 Å². The molecule has 1 saturated carbocycles. The van der Waals surface area contributed by atoms with E-state index in [1.165, 1.54) is 0 Å². The molecule has 1 aliphatic rings. The number of Topliss-reactive ketones (excluding diaryl/α,β-unsaturated/α-hetero) is 1. The minimum atomic E-state index is 0.280. The van der Waals surface area contributed by atoms with Crippen molar-refractivity contribution in [1.29, 1.82) is 0 Å². The van der Waals surface area contributed by atoms with Crippen molar-refractivity contribution in [2.75, 3.05) is 0 Å². The summed E-state index contributed by atoms with van der Waals surface area (Å²) in [6.07, 6.45) is 2.29. The fraction of sp³-hybridized carbons (Fsp3) is 0.667. The molecule has 0 radical (unpaired) electrons. The van der Waals surface area contributed by atoms with E-state index in [9.17, 15) is 4.79 Å². The van der Waals surface area contributed by atoms with Crippen LogP contribution in [0.1, 0.15) is 25.7 Å². The molecule has 44 valence electrons. The molecule has 2 nitrogen and oxygen atoms in total. The SMILES string of the molecule is O=C1CCC(=[OH+])CC1. The molecule has 0 saturated heterocycles. The molecule has 0 unspecified atom stereocenters. The molecule has 0 aromatic heterocycles. The number of carbonyl (C=O) groups is 1. The third-order valence-corrected chi connectivity index (χ3v) is 1.38. The Morgan fingerprint density at radius 3 is 2.00 bits per heavy atom. The zero-order valence-electron chi connectivity index (χ0n) is 4.68. The summed E-state index contributed by atoms with van der Waals surface area (Å²) in [5.41, 5.74) is 0. The number of rotatable bonds is 0. The van der Waals surface area contributed by atoms with E-state index in [0.29, 0.717) is 31.5 Å². The first-order valence-corrected chi connectivity index (χ1v) is 2.84. The lowest BCUT2D eigenvalue weighted by Crippen LogP contribution is -2.12. The number of ketones is 2.